The molecule has 4 nitrogen and oxygen atoms in total. The number of hydrogen-bond donors (Lipinski definition) is 0. The Balaban J connectivity index is 2.37. The summed E-state index contributed by atoms with van der Waals surface area (Å²) in [5, 5.41) is 4.01. The summed E-state index contributed by atoms with van der Waals surface area (Å²) in [5.41, 5.74) is 2.25. The molecular formula is C12H13N3OS. The maximum absolute atomic E-state index is 12.2. The van der Waals surface area contributed by atoms with Gasteiger partial charge in [0.25, 0.3) is 0 Å². The molecule has 0 atom stereocenters. The van der Waals surface area contributed by atoms with Crippen LogP contribution in [0.2, 0.25) is 0 Å². The van der Waals surface area contributed by atoms with E-state index in [0.29, 0.717) is 10.4 Å². The Bertz CT molecular complexity index is 531. The lowest BCUT2D eigenvalue weighted by atomic mass is 10.0. The number of nitrogens with zero attached hydrogens (tertiary/aromatic N) is 3. The Hall–Kier alpha value is -1.62. The Morgan fingerprint density at radius 1 is 1.35 bits per heavy atom. The molecule has 0 fully saturated rings. The van der Waals surface area contributed by atoms with Crippen molar-refractivity contribution in [2.75, 3.05) is 0 Å². The minimum Gasteiger partial charge on any atom is -0.287 e. The summed E-state index contributed by atoms with van der Waals surface area (Å²) >= 11 is 1.15. The fraction of sp³-hybridized carbons (Fsp3) is 0.333. The van der Waals surface area contributed by atoms with E-state index in [0.717, 1.165) is 22.9 Å². The van der Waals surface area contributed by atoms with E-state index in [9.17, 15) is 4.79 Å². The summed E-state index contributed by atoms with van der Waals surface area (Å²) in [6.07, 6.45) is 1.60. The van der Waals surface area contributed by atoms with E-state index >= 15 is 0 Å². The molecule has 0 bridgehead atoms. The van der Waals surface area contributed by atoms with Crippen LogP contribution in [-0.4, -0.2) is 20.4 Å². The molecule has 0 aromatic carbocycles. The maximum atomic E-state index is 12.2. The van der Waals surface area contributed by atoms with E-state index in [4.69, 9.17) is 0 Å². The highest BCUT2D eigenvalue weighted by molar-refractivity contribution is 7.08. The van der Waals surface area contributed by atoms with Gasteiger partial charge in [0.15, 0.2) is 0 Å². The van der Waals surface area contributed by atoms with Crippen LogP contribution in [0.5, 0.6) is 0 Å². The van der Waals surface area contributed by atoms with Gasteiger partial charge in [-0.3, -0.25) is 9.78 Å². The molecule has 0 saturated heterocycles. The highest BCUT2D eigenvalue weighted by Gasteiger charge is 2.20. The van der Waals surface area contributed by atoms with Crippen molar-refractivity contribution >= 4 is 17.3 Å². The Morgan fingerprint density at radius 2 is 2.12 bits per heavy atom. The van der Waals surface area contributed by atoms with E-state index in [2.05, 4.69) is 14.6 Å². The summed E-state index contributed by atoms with van der Waals surface area (Å²) in [7, 11) is 0. The molecule has 2 rings (SSSR count). The van der Waals surface area contributed by atoms with E-state index in [1.807, 2.05) is 26.8 Å². The number of rotatable bonds is 3. The molecule has 0 N–H and O–H groups in total. The fourth-order valence-electron chi connectivity index (χ4n) is 1.47. The topological polar surface area (TPSA) is 55.7 Å². The van der Waals surface area contributed by atoms with Gasteiger partial charge in [-0.25, -0.2) is 0 Å². The van der Waals surface area contributed by atoms with Crippen LogP contribution in [0.25, 0.3) is 0 Å². The zero-order valence-electron chi connectivity index (χ0n) is 9.97. The van der Waals surface area contributed by atoms with Crippen molar-refractivity contribution in [3.05, 3.63) is 40.2 Å². The van der Waals surface area contributed by atoms with Crippen molar-refractivity contribution in [2.45, 2.75) is 26.7 Å². The van der Waals surface area contributed by atoms with Gasteiger partial charge in [-0.2, -0.15) is 0 Å². The van der Waals surface area contributed by atoms with E-state index in [1.165, 1.54) is 0 Å². The number of aryl methyl sites for hydroxylation is 1. The van der Waals surface area contributed by atoms with Gasteiger partial charge in [0, 0.05) is 17.5 Å². The number of carbonyl (C=O) groups excluding carboxylic acids is 1. The quantitative estimate of drug-likeness (QED) is 0.782. The van der Waals surface area contributed by atoms with E-state index < -0.39 is 0 Å². The predicted octanol–water partition coefficient (Wildman–Crippen LogP) is 2.60. The Kier molecular flexibility index (Phi) is 3.28. The number of carbonyl (C=O) groups is 1. The second-order valence-corrected chi connectivity index (χ2v) is 4.91. The molecule has 17 heavy (non-hydrogen) atoms. The van der Waals surface area contributed by atoms with Crippen molar-refractivity contribution in [3.8, 4) is 0 Å². The van der Waals surface area contributed by atoms with Gasteiger partial charge in [-0.05, 0) is 36.5 Å². The van der Waals surface area contributed by atoms with Gasteiger partial charge in [-0.15, -0.1) is 5.10 Å². The smallest absolute Gasteiger partial charge is 0.208 e. The first-order valence-corrected chi connectivity index (χ1v) is 6.16. The number of pyridine rings is 1. The summed E-state index contributed by atoms with van der Waals surface area (Å²) in [4.78, 5) is 17.0. The minimum absolute atomic E-state index is 0.0452. The fourth-order valence-corrected chi connectivity index (χ4v) is 2.25. The zero-order chi connectivity index (χ0) is 12.4. The lowest BCUT2D eigenvalue weighted by Gasteiger charge is -2.03. The van der Waals surface area contributed by atoms with Crippen LogP contribution in [0.4, 0.5) is 0 Å². The highest BCUT2D eigenvalue weighted by atomic mass is 32.1. The number of aromatic nitrogens is 3. The second kappa shape index (κ2) is 4.71. The van der Waals surface area contributed by atoms with Crippen molar-refractivity contribution < 1.29 is 4.79 Å². The first-order chi connectivity index (χ1) is 8.09. The molecule has 88 valence electrons. The normalized spacial score (nSPS) is 10.8. The van der Waals surface area contributed by atoms with Crippen LogP contribution >= 0.6 is 11.5 Å². The third kappa shape index (κ3) is 2.39. The van der Waals surface area contributed by atoms with Gasteiger partial charge in [0.05, 0.1) is 5.69 Å². The van der Waals surface area contributed by atoms with Crippen molar-refractivity contribution in [3.63, 3.8) is 0 Å². The van der Waals surface area contributed by atoms with E-state index in [1.54, 1.807) is 12.3 Å². The molecule has 0 unspecified atom stereocenters. The molecule has 0 spiro atoms. The molecule has 2 aromatic rings. The number of ketones is 1. The van der Waals surface area contributed by atoms with Crippen LogP contribution in [0, 0.1) is 6.92 Å². The molecule has 0 radical (unpaired) electrons. The minimum atomic E-state index is -0.0452. The van der Waals surface area contributed by atoms with Crippen LogP contribution in [0.3, 0.4) is 0 Å². The monoisotopic (exact) mass is 247 g/mol. The predicted molar refractivity (Wildman–Crippen MR) is 66.4 cm³/mol. The van der Waals surface area contributed by atoms with Crippen LogP contribution in [-0.2, 0) is 0 Å². The second-order valence-electron chi connectivity index (χ2n) is 4.16. The molecule has 0 amide bonds. The standard InChI is InChI=1S/C12H13N3OS/c1-7(2)10-12(17-15-14-10)11(16)9-5-4-8(3)13-6-9/h4-7H,1-3H3. The summed E-state index contributed by atoms with van der Waals surface area (Å²) in [6, 6.07) is 3.62. The van der Waals surface area contributed by atoms with Crippen molar-refractivity contribution in [1.82, 2.24) is 14.6 Å². The molecule has 0 aliphatic rings. The molecule has 5 heteroatoms. The maximum Gasteiger partial charge on any atom is 0.208 e. The lowest BCUT2D eigenvalue weighted by Crippen LogP contribution is -2.04. The lowest BCUT2D eigenvalue weighted by molar-refractivity contribution is 0.104. The molecular weight excluding hydrogens is 234 g/mol. The van der Waals surface area contributed by atoms with Crippen LogP contribution < -0.4 is 0 Å². The summed E-state index contributed by atoms with van der Waals surface area (Å²) < 4.78 is 3.86. The first-order valence-electron chi connectivity index (χ1n) is 5.39. The van der Waals surface area contributed by atoms with Gasteiger partial charge in [0.1, 0.15) is 4.88 Å². The van der Waals surface area contributed by atoms with E-state index in [-0.39, 0.29) is 11.7 Å². The Morgan fingerprint density at radius 3 is 2.71 bits per heavy atom. The SMILES string of the molecule is Cc1ccc(C(=O)c2snnc2C(C)C)cn1. The Labute approximate surface area is 104 Å². The van der Waals surface area contributed by atoms with Crippen LogP contribution in [0.15, 0.2) is 18.3 Å². The van der Waals surface area contributed by atoms with Gasteiger partial charge < -0.3 is 0 Å². The highest BCUT2D eigenvalue weighted by Crippen LogP contribution is 2.22. The van der Waals surface area contributed by atoms with Crippen molar-refractivity contribution in [2.24, 2.45) is 0 Å². The number of hydrogen-bond acceptors (Lipinski definition) is 5. The molecule has 0 aliphatic carbocycles. The average molecular weight is 247 g/mol. The third-order valence-electron chi connectivity index (χ3n) is 2.44. The van der Waals surface area contributed by atoms with Crippen molar-refractivity contribution in [1.29, 1.82) is 0 Å². The first kappa shape index (κ1) is 11.9. The molecule has 0 aliphatic heterocycles. The zero-order valence-corrected chi connectivity index (χ0v) is 10.8. The molecule has 0 saturated carbocycles. The summed E-state index contributed by atoms with van der Waals surface area (Å²) in [5.74, 6) is 0.155. The largest absolute Gasteiger partial charge is 0.287 e. The van der Waals surface area contributed by atoms with Crippen LogP contribution in [0.1, 0.15) is 46.4 Å². The molecule has 2 heterocycles. The van der Waals surface area contributed by atoms with Gasteiger partial charge >= 0.3 is 0 Å². The average Bonchev–Trinajstić information content (AvgIpc) is 2.78. The van der Waals surface area contributed by atoms with Gasteiger partial charge in [-0.1, -0.05) is 18.3 Å². The summed E-state index contributed by atoms with van der Waals surface area (Å²) in [6.45, 7) is 5.89. The third-order valence-corrected chi connectivity index (χ3v) is 3.18. The van der Waals surface area contributed by atoms with Gasteiger partial charge in [0.2, 0.25) is 5.78 Å². The molecule has 2 aromatic heterocycles.